The lowest BCUT2D eigenvalue weighted by molar-refractivity contribution is 0.827. The van der Waals surface area contributed by atoms with Crippen LogP contribution in [0.4, 0.5) is 0 Å². The molecule has 0 radical (unpaired) electrons. The molecule has 6 heteroatoms. The first-order valence-electron chi connectivity index (χ1n) is 8.26. The number of aryl methyl sites for hydroxylation is 1. The molecule has 0 N–H and O–H groups in total. The van der Waals surface area contributed by atoms with Gasteiger partial charge in [0.25, 0.3) is 0 Å². The largest absolute Gasteiger partial charge is 0.192 e. The maximum absolute atomic E-state index is 9.51. The molecule has 1 atom stereocenters. The normalized spacial score (nSPS) is 14.8. The van der Waals surface area contributed by atoms with Gasteiger partial charge in [-0.2, -0.15) is 21.0 Å². The van der Waals surface area contributed by atoms with E-state index in [1.165, 1.54) is 0 Å². The zero-order chi connectivity index (χ0) is 18.8. The number of hydrogen-bond donors (Lipinski definition) is 0. The summed E-state index contributed by atoms with van der Waals surface area (Å²) in [6, 6.07) is 10.2. The minimum Gasteiger partial charge on any atom is -0.192 e. The molecule has 1 aromatic carbocycles. The van der Waals surface area contributed by atoms with E-state index in [4.69, 9.17) is 0 Å². The fourth-order valence-electron chi connectivity index (χ4n) is 3.29. The Morgan fingerprint density at radius 3 is 2.19 bits per heavy atom. The third-order valence-electron chi connectivity index (χ3n) is 4.55. The van der Waals surface area contributed by atoms with Crippen molar-refractivity contribution in [3.05, 3.63) is 26.9 Å². The first-order valence-corrected chi connectivity index (χ1v) is 9.95. The Hall–Kier alpha value is -2.77. The Bertz CT molecular complexity index is 1080. The van der Waals surface area contributed by atoms with Crippen LogP contribution in [0.25, 0.3) is 21.2 Å². The van der Waals surface area contributed by atoms with Gasteiger partial charge in [0.1, 0.15) is 35.4 Å². The van der Waals surface area contributed by atoms with Crippen molar-refractivity contribution in [1.82, 2.24) is 0 Å². The van der Waals surface area contributed by atoms with Gasteiger partial charge in [-0.1, -0.05) is 13.8 Å². The number of nitriles is 4. The molecule has 0 aliphatic carbocycles. The lowest BCUT2D eigenvalue weighted by Crippen LogP contribution is -2.21. The van der Waals surface area contributed by atoms with E-state index in [2.05, 4.69) is 6.92 Å². The van der Waals surface area contributed by atoms with Crippen molar-refractivity contribution < 1.29 is 0 Å². The highest BCUT2D eigenvalue weighted by Crippen LogP contribution is 2.37. The molecule has 26 heavy (non-hydrogen) atoms. The van der Waals surface area contributed by atoms with Gasteiger partial charge in [0.15, 0.2) is 0 Å². The Labute approximate surface area is 159 Å². The number of hydrogen-bond acceptors (Lipinski definition) is 6. The van der Waals surface area contributed by atoms with Crippen LogP contribution in [0.15, 0.2) is 11.0 Å². The molecule has 0 saturated carbocycles. The number of fused-ring (bicyclic) bond motifs is 2. The van der Waals surface area contributed by atoms with Gasteiger partial charge in [0.2, 0.25) is 0 Å². The van der Waals surface area contributed by atoms with E-state index in [-0.39, 0.29) is 11.1 Å². The predicted molar refractivity (Wildman–Crippen MR) is 103 cm³/mol. The molecule has 1 aliphatic heterocycles. The summed E-state index contributed by atoms with van der Waals surface area (Å²) in [6.45, 7) is 4.14. The van der Waals surface area contributed by atoms with Crippen LogP contribution in [0, 0.1) is 45.3 Å². The Morgan fingerprint density at radius 1 is 1.04 bits per heavy atom. The fourth-order valence-corrected chi connectivity index (χ4v) is 5.88. The van der Waals surface area contributed by atoms with Crippen molar-refractivity contribution in [1.29, 1.82) is 21.0 Å². The molecule has 126 valence electrons. The SMILES string of the molecule is CCc1cc2c(=C(C#N)C#N)c3c(c(=C(C#N)C#N)c2s1)CC(CC)S3. The fraction of sp³-hybridized carbons (Fsp3) is 0.300. The molecule has 1 unspecified atom stereocenters. The summed E-state index contributed by atoms with van der Waals surface area (Å²) >= 11 is 3.20. The first kappa shape index (κ1) is 18.0. The van der Waals surface area contributed by atoms with E-state index >= 15 is 0 Å². The van der Waals surface area contributed by atoms with Crippen molar-refractivity contribution in [2.45, 2.75) is 43.3 Å². The molecule has 2 heterocycles. The molecular weight excluding hydrogens is 360 g/mol. The molecule has 0 spiro atoms. The second kappa shape index (κ2) is 7.23. The summed E-state index contributed by atoms with van der Waals surface area (Å²) in [5, 5.41) is 40.5. The van der Waals surface area contributed by atoms with Crippen LogP contribution in [0.1, 0.15) is 30.7 Å². The molecule has 3 rings (SSSR count). The minimum atomic E-state index is 0.0953. The molecule has 2 aromatic rings. The van der Waals surface area contributed by atoms with Crippen molar-refractivity contribution in [2.75, 3.05) is 0 Å². The standard InChI is InChI=1S/C20H14N4S2/c1-3-13-5-15-17(11(7-21)8-22)20-16(6-14(4-2)26-20)18(19(15)25-13)12(9-23)10-24/h5,14H,3-4,6H2,1-2H3. The molecule has 1 aromatic heterocycles. The van der Waals surface area contributed by atoms with Gasteiger partial charge in [-0.15, -0.1) is 23.1 Å². The third kappa shape index (κ3) is 2.65. The number of nitrogens with zero attached hydrogens (tertiary/aromatic N) is 4. The van der Waals surface area contributed by atoms with Crippen molar-refractivity contribution in [3.63, 3.8) is 0 Å². The highest BCUT2D eigenvalue weighted by Gasteiger charge is 2.28. The van der Waals surface area contributed by atoms with Crippen molar-refractivity contribution in [3.8, 4) is 24.3 Å². The van der Waals surface area contributed by atoms with Gasteiger partial charge in [-0.05, 0) is 30.9 Å². The molecule has 1 aliphatic rings. The third-order valence-corrected chi connectivity index (χ3v) is 7.37. The van der Waals surface area contributed by atoms with Crippen LogP contribution in [0.2, 0.25) is 0 Å². The topological polar surface area (TPSA) is 95.2 Å². The van der Waals surface area contributed by atoms with E-state index < -0.39 is 0 Å². The number of benzene rings is 1. The smallest absolute Gasteiger partial charge is 0.138 e. The zero-order valence-corrected chi connectivity index (χ0v) is 16.0. The average molecular weight is 374 g/mol. The summed E-state index contributed by atoms with van der Waals surface area (Å²) in [5.74, 6) is 0. The summed E-state index contributed by atoms with van der Waals surface area (Å²) in [7, 11) is 0. The molecule has 0 saturated heterocycles. The monoisotopic (exact) mass is 374 g/mol. The maximum Gasteiger partial charge on any atom is 0.138 e. The van der Waals surface area contributed by atoms with Crippen molar-refractivity contribution in [2.24, 2.45) is 0 Å². The zero-order valence-electron chi connectivity index (χ0n) is 14.4. The molecule has 0 fully saturated rings. The highest BCUT2D eigenvalue weighted by molar-refractivity contribution is 8.00. The first-order chi connectivity index (χ1) is 12.6. The second-order valence-corrected chi connectivity index (χ2v) is 8.36. The van der Waals surface area contributed by atoms with E-state index in [9.17, 15) is 21.0 Å². The van der Waals surface area contributed by atoms with Crippen LogP contribution in [-0.2, 0) is 12.8 Å². The van der Waals surface area contributed by atoms with Gasteiger partial charge >= 0.3 is 0 Å². The molecular formula is C20H14N4S2. The van der Waals surface area contributed by atoms with Gasteiger partial charge < -0.3 is 0 Å². The van der Waals surface area contributed by atoms with E-state index in [1.807, 2.05) is 37.3 Å². The quantitative estimate of drug-likeness (QED) is 0.804. The minimum absolute atomic E-state index is 0.0953. The Morgan fingerprint density at radius 2 is 1.65 bits per heavy atom. The van der Waals surface area contributed by atoms with E-state index in [1.54, 1.807) is 23.1 Å². The second-order valence-electron chi connectivity index (χ2n) is 5.92. The van der Waals surface area contributed by atoms with E-state index in [0.717, 1.165) is 44.7 Å². The summed E-state index contributed by atoms with van der Waals surface area (Å²) in [4.78, 5) is 1.99. The van der Waals surface area contributed by atoms with Gasteiger partial charge in [-0.25, -0.2) is 0 Å². The summed E-state index contributed by atoms with van der Waals surface area (Å²) in [6.07, 6.45) is 2.50. The van der Waals surface area contributed by atoms with Crippen LogP contribution in [0.3, 0.4) is 0 Å². The maximum atomic E-state index is 9.51. The molecule has 0 bridgehead atoms. The van der Waals surface area contributed by atoms with Crippen LogP contribution in [-0.4, -0.2) is 5.25 Å². The highest BCUT2D eigenvalue weighted by atomic mass is 32.2. The number of thioether (sulfide) groups is 1. The number of thiophene rings is 1. The van der Waals surface area contributed by atoms with Gasteiger partial charge in [0.05, 0.1) is 0 Å². The van der Waals surface area contributed by atoms with Gasteiger partial charge in [0, 0.05) is 35.5 Å². The van der Waals surface area contributed by atoms with Crippen molar-refractivity contribution >= 4 is 44.3 Å². The lowest BCUT2D eigenvalue weighted by Gasteiger charge is -2.05. The molecule has 4 nitrogen and oxygen atoms in total. The Kier molecular flexibility index (Phi) is 5.01. The van der Waals surface area contributed by atoms with Crippen LogP contribution >= 0.6 is 23.1 Å². The predicted octanol–water partition coefficient (Wildman–Crippen LogP) is 3.29. The average Bonchev–Trinajstić information content (AvgIpc) is 3.28. The number of rotatable bonds is 2. The van der Waals surface area contributed by atoms with E-state index in [0.29, 0.717) is 15.7 Å². The molecule has 0 amide bonds. The van der Waals surface area contributed by atoms with Crippen LogP contribution in [0.5, 0.6) is 0 Å². The van der Waals surface area contributed by atoms with Crippen LogP contribution < -0.4 is 10.4 Å². The van der Waals surface area contributed by atoms with Gasteiger partial charge in [-0.3, -0.25) is 0 Å². The summed E-state index contributed by atoms with van der Waals surface area (Å²) in [5.41, 5.74) is 1.14. The Balaban J connectivity index is 2.71. The summed E-state index contributed by atoms with van der Waals surface area (Å²) < 4.78 is 0.842. The lowest BCUT2D eigenvalue weighted by atomic mass is 9.98.